The zero-order chi connectivity index (χ0) is 22.2. The van der Waals surface area contributed by atoms with Crippen molar-refractivity contribution in [1.29, 1.82) is 0 Å². The molecule has 4 rings (SSSR count). The van der Waals surface area contributed by atoms with Crippen LogP contribution in [0.3, 0.4) is 0 Å². The van der Waals surface area contributed by atoms with Gasteiger partial charge in [0, 0.05) is 19.0 Å². The SMILES string of the molecule is COC(=O)CC[C@@H](C)C1CCC2C3CCC4C[C@H](NCCO)CCC4(C)C3CCC21C. The van der Waals surface area contributed by atoms with Gasteiger partial charge in [-0.25, -0.2) is 0 Å². The molecule has 4 fully saturated rings. The van der Waals surface area contributed by atoms with Crippen molar-refractivity contribution >= 4 is 5.97 Å². The van der Waals surface area contributed by atoms with Crippen LogP contribution in [0.1, 0.15) is 91.4 Å². The summed E-state index contributed by atoms with van der Waals surface area (Å²) in [5.74, 6) is 4.91. The van der Waals surface area contributed by atoms with Crippen LogP contribution in [0.4, 0.5) is 0 Å². The van der Waals surface area contributed by atoms with Crippen LogP contribution in [0.5, 0.6) is 0 Å². The summed E-state index contributed by atoms with van der Waals surface area (Å²) in [5, 5.41) is 12.8. The number of hydrogen-bond acceptors (Lipinski definition) is 4. The number of ether oxygens (including phenoxy) is 1. The number of esters is 1. The molecule has 0 radical (unpaired) electrons. The van der Waals surface area contributed by atoms with Crippen LogP contribution >= 0.6 is 0 Å². The van der Waals surface area contributed by atoms with Crippen LogP contribution in [0.15, 0.2) is 0 Å². The highest BCUT2D eigenvalue weighted by molar-refractivity contribution is 5.69. The molecule has 0 aromatic rings. The Labute approximate surface area is 190 Å². The van der Waals surface area contributed by atoms with E-state index >= 15 is 0 Å². The molecule has 0 amide bonds. The van der Waals surface area contributed by atoms with Crippen molar-refractivity contribution < 1.29 is 14.6 Å². The van der Waals surface area contributed by atoms with Crippen LogP contribution in [0.25, 0.3) is 0 Å². The molecule has 178 valence electrons. The molecule has 4 aliphatic carbocycles. The fourth-order valence-corrected chi connectivity index (χ4v) is 9.34. The summed E-state index contributed by atoms with van der Waals surface area (Å²) in [4.78, 5) is 11.7. The van der Waals surface area contributed by atoms with E-state index in [2.05, 4.69) is 26.1 Å². The Morgan fingerprint density at radius 1 is 1.06 bits per heavy atom. The lowest BCUT2D eigenvalue weighted by Gasteiger charge is -2.61. The minimum absolute atomic E-state index is 0.0504. The van der Waals surface area contributed by atoms with Gasteiger partial charge in [0.05, 0.1) is 13.7 Å². The van der Waals surface area contributed by atoms with Gasteiger partial charge in [0.25, 0.3) is 0 Å². The van der Waals surface area contributed by atoms with Gasteiger partial charge in [-0.3, -0.25) is 4.79 Å². The Hall–Kier alpha value is -0.610. The quantitative estimate of drug-likeness (QED) is 0.543. The number of hydrogen-bond donors (Lipinski definition) is 2. The molecule has 0 bridgehead atoms. The van der Waals surface area contributed by atoms with Crippen molar-refractivity contribution in [3.8, 4) is 0 Å². The van der Waals surface area contributed by atoms with E-state index in [1.54, 1.807) is 0 Å². The fraction of sp³-hybridized carbons (Fsp3) is 0.963. The lowest BCUT2D eigenvalue weighted by atomic mass is 9.44. The van der Waals surface area contributed by atoms with Gasteiger partial charge in [-0.05, 0) is 111 Å². The van der Waals surface area contributed by atoms with Crippen LogP contribution < -0.4 is 5.32 Å². The molecule has 0 aromatic heterocycles. The Kier molecular flexibility index (Phi) is 7.09. The number of fused-ring (bicyclic) bond motifs is 5. The zero-order valence-electron chi connectivity index (χ0n) is 20.5. The van der Waals surface area contributed by atoms with Crippen molar-refractivity contribution in [3.05, 3.63) is 0 Å². The van der Waals surface area contributed by atoms with Crippen LogP contribution in [0, 0.1) is 46.3 Å². The van der Waals surface area contributed by atoms with Crippen molar-refractivity contribution in [3.63, 3.8) is 0 Å². The number of rotatable bonds is 7. The van der Waals surface area contributed by atoms with Gasteiger partial charge in [-0.1, -0.05) is 20.8 Å². The third-order valence-corrected chi connectivity index (χ3v) is 11.0. The first-order chi connectivity index (χ1) is 14.8. The first kappa shape index (κ1) is 23.5. The molecule has 0 spiro atoms. The number of carbonyl (C=O) groups excluding carboxylic acids is 1. The highest BCUT2D eigenvalue weighted by atomic mass is 16.5. The largest absolute Gasteiger partial charge is 0.469 e. The number of nitrogens with one attached hydrogen (secondary N) is 1. The maximum Gasteiger partial charge on any atom is 0.305 e. The van der Waals surface area contributed by atoms with E-state index < -0.39 is 0 Å². The molecule has 4 aliphatic rings. The maximum absolute atomic E-state index is 11.7. The van der Waals surface area contributed by atoms with Crippen molar-refractivity contribution in [2.24, 2.45) is 46.3 Å². The lowest BCUT2D eigenvalue weighted by Crippen LogP contribution is -2.55. The summed E-state index contributed by atoms with van der Waals surface area (Å²) in [7, 11) is 1.51. The van der Waals surface area contributed by atoms with Gasteiger partial charge in [0.15, 0.2) is 0 Å². The molecule has 0 aromatic carbocycles. The predicted octanol–water partition coefficient (Wildman–Crippen LogP) is 5.19. The third-order valence-electron chi connectivity index (χ3n) is 11.0. The van der Waals surface area contributed by atoms with Gasteiger partial charge >= 0.3 is 5.97 Å². The van der Waals surface area contributed by atoms with Crippen molar-refractivity contribution in [1.82, 2.24) is 5.32 Å². The lowest BCUT2D eigenvalue weighted by molar-refractivity contribution is -0.141. The minimum atomic E-state index is -0.0504. The average Bonchev–Trinajstić information content (AvgIpc) is 3.13. The Morgan fingerprint density at radius 2 is 1.81 bits per heavy atom. The molecular weight excluding hydrogens is 386 g/mol. The minimum Gasteiger partial charge on any atom is -0.469 e. The summed E-state index contributed by atoms with van der Waals surface area (Å²) in [5.41, 5.74) is 0.996. The second-order valence-corrected chi connectivity index (χ2v) is 12.1. The standard InChI is InChI=1S/C27H47NO3/c1-18(5-10-25(30)31-4)22-8-9-23-21-7-6-19-17-20(28-15-16-29)11-13-26(19,2)24(21)12-14-27(22,23)3/h18-24,28-29H,5-17H2,1-4H3/t18-,19?,20-,21?,22?,23?,24?,26?,27?/m1/s1. The number of aliphatic hydroxyl groups is 1. The first-order valence-electron chi connectivity index (χ1n) is 13.2. The normalized spacial score (nSPS) is 45.3. The molecule has 7 unspecified atom stereocenters. The fourth-order valence-electron chi connectivity index (χ4n) is 9.34. The maximum atomic E-state index is 11.7. The summed E-state index contributed by atoms with van der Waals surface area (Å²) in [6.07, 6.45) is 13.9. The summed E-state index contributed by atoms with van der Waals surface area (Å²) < 4.78 is 4.90. The van der Waals surface area contributed by atoms with Gasteiger partial charge in [0.1, 0.15) is 0 Å². The van der Waals surface area contributed by atoms with Crippen LogP contribution in [0.2, 0.25) is 0 Å². The number of aliphatic hydroxyl groups excluding tert-OH is 1. The molecule has 31 heavy (non-hydrogen) atoms. The van der Waals surface area contributed by atoms with E-state index in [-0.39, 0.29) is 12.6 Å². The molecule has 2 N–H and O–H groups in total. The van der Waals surface area contributed by atoms with E-state index in [1.165, 1.54) is 64.9 Å². The third kappa shape index (κ3) is 4.21. The smallest absolute Gasteiger partial charge is 0.305 e. The average molecular weight is 434 g/mol. The van der Waals surface area contributed by atoms with Crippen LogP contribution in [-0.2, 0) is 9.53 Å². The molecule has 4 nitrogen and oxygen atoms in total. The highest BCUT2D eigenvalue weighted by Gasteiger charge is 2.60. The molecular formula is C27H47NO3. The monoisotopic (exact) mass is 433 g/mol. The zero-order valence-corrected chi connectivity index (χ0v) is 20.5. The van der Waals surface area contributed by atoms with E-state index in [4.69, 9.17) is 4.74 Å². The number of carbonyl (C=O) groups is 1. The molecule has 4 saturated carbocycles. The van der Waals surface area contributed by atoms with E-state index in [0.29, 0.717) is 29.2 Å². The van der Waals surface area contributed by atoms with E-state index in [9.17, 15) is 9.90 Å². The molecule has 0 aliphatic heterocycles. The summed E-state index contributed by atoms with van der Waals surface area (Å²) in [6.45, 7) is 8.65. The first-order valence-corrected chi connectivity index (χ1v) is 13.2. The van der Waals surface area contributed by atoms with E-state index in [0.717, 1.165) is 42.6 Å². The highest BCUT2D eigenvalue weighted by Crippen LogP contribution is 2.68. The van der Waals surface area contributed by atoms with Crippen molar-refractivity contribution in [2.75, 3.05) is 20.3 Å². The molecule has 0 heterocycles. The van der Waals surface area contributed by atoms with Crippen LogP contribution in [-0.4, -0.2) is 37.4 Å². The summed E-state index contributed by atoms with van der Waals surface area (Å²) in [6, 6.07) is 0.613. The van der Waals surface area contributed by atoms with Gasteiger partial charge in [-0.15, -0.1) is 0 Å². The molecule has 0 saturated heterocycles. The Bertz CT molecular complexity index is 638. The Morgan fingerprint density at radius 3 is 2.55 bits per heavy atom. The summed E-state index contributed by atoms with van der Waals surface area (Å²) >= 11 is 0. The number of methoxy groups -OCH3 is 1. The second-order valence-electron chi connectivity index (χ2n) is 12.1. The topological polar surface area (TPSA) is 58.6 Å². The Balaban J connectivity index is 1.43. The van der Waals surface area contributed by atoms with Gasteiger partial charge < -0.3 is 15.2 Å². The molecule has 4 heteroatoms. The predicted molar refractivity (Wildman–Crippen MR) is 125 cm³/mol. The van der Waals surface area contributed by atoms with Crippen molar-refractivity contribution in [2.45, 2.75) is 97.4 Å². The van der Waals surface area contributed by atoms with E-state index in [1.807, 2.05) is 0 Å². The second kappa shape index (κ2) is 9.33. The molecule has 9 atom stereocenters. The van der Waals surface area contributed by atoms with Gasteiger partial charge in [0.2, 0.25) is 0 Å². The van der Waals surface area contributed by atoms with Gasteiger partial charge in [-0.2, -0.15) is 0 Å².